The van der Waals surface area contributed by atoms with E-state index in [0.717, 1.165) is 128 Å². The molecular weight excluding hydrogens is 1510 g/mol. The first kappa shape index (κ1) is 81.1. The number of ether oxygens (including phenoxy) is 4. The quantitative estimate of drug-likeness (QED) is 0.0217. The van der Waals surface area contributed by atoms with Crippen molar-refractivity contribution >= 4 is 42.1 Å². The van der Waals surface area contributed by atoms with E-state index >= 15 is 0 Å². The number of aryl methyl sites for hydroxylation is 3. The fourth-order valence-corrected chi connectivity index (χ4v) is 17.7. The van der Waals surface area contributed by atoms with Gasteiger partial charge in [0.05, 0.1) is 21.7 Å². The largest absolute Gasteiger partial charge is 0.423 e. The van der Waals surface area contributed by atoms with Gasteiger partial charge in [-0.1, -0.05) is 383 Å². The van der Waals surface area contributed by atoms with Crippen LogP contribution >= 0.6 is 0 Å². The van der Waals surface area contributed by atoms with Gasteiger partial charge in [-0.15, -0.1) is 0 Å². The predicted octanol–water partition coefficient (Wildman–Crippen LogP) is 25.1. The average molecular weight is 1600 g/mol. The Labute approximate surface area is 719 Å². The van der Waals surface area contributed by atoms with Crippen LogP contribution in [0.4, 0.5) is 0 Å². The molecule has 0 bridgehead atoms. The van der Waals surface area contributed by atoms with Crippen LogP contribution in [0.15, 0.2) is 456 Å². The summed E-state index contributed by atoms with van der Waals surface area (Å²) < 4.78 is 24.0. The molecule has 0 unspecified atom stereocenters. The third-order valence-corrected chi connectivity index (χ3v) is 23.4. The number of carbonyl (C=O) groups is 4. The van der Waals surface area contributed by atoms with Gasteiger partial charge >= 0.3 is 23.9 Å². The maximum atomic E-state index is 14.1. The summed E-state index contributed by atoms with van der Waals surface area (Å²) in [7, 11) is 0. The van der Waals surface area contributed by atoms with Crippen LogP contribution < -0.4 is 18.9 Å². The number of esters is 4. The molecule has 0 heterocycles. The Hall–Kier alpha value is -15.6. The predicted molar refractivity (Wildman–Crippen MR) is 493 cm³/mol. The summed E-state index contributed by atoms with van der Waals surface area (Å²) in [6, 6.07) is 143. The lowest BCUT2D eigenvalue weighted by molar-refractivity contribution is -0.129. The Balaban J connectivity index is 0.728. The summed E-state index contributed by atoms with van der Waals surface area (Å²) in [5.74, 6) is -0.799. The maximum absolute atomic E-state index is 14.1. The van der Waals surface area contributed by atoms with E-state index in [1.807, 2.05) is 178 Å². The van der Waals surface area contributed by atoms with Gasteiger partial charge in [0.15, 0.2) is 0 Å². The molecule has 596 valence electrons. The molecule has 0 saturated heterocycles. The highest BCUT2D eigenvalue weighted by Crippen LogP contribution is 2.51. The van der Waals surface area contributed by atoms with E-state index in [9.17, 15) is 19.2 Å². The second-order valence-corrected chi connectivity index (χ2v) is 30.5. The zero-order valence-corrected chi connectivity index (χ0v) is 68.4. The summed E-state index contributed by atoms with van der Waals surface area (Å²) >= 11 is 0. The van der Waals surface area contributed by atoms with Gasteiger partial charge in [0.25, 0.3) is 0 Å². The van der Waals surface area contributed by atoms with E-state index in [0.29, 0.717) is 23.0 Å². The normalized spacial score (nSPS) is 11.8. The van der Waals surface area contributed by atoms with Gasteiger partial charge in [0.2, 0.25) is 0 Å². The van der Waals surface area contributed by atoms with Crippen LogP contribution in [0.3, 0.4) is 0 Å². The highest BCUT2D eigenvalue weighted by Gasteiger charge is 2.43. The Morgan fingerprint density at radius 3 is 0.528 bits per heavy atom. The van der Waals surface area contributed by atoms with Crippen LogP contribution in [0, 0.1) is 20.8 Å². The van der Waals surface area contributed by atoms with Crippen LogP contribution in [0.25, 0.3) is 18.2 Å². The van der Waals surface area contributed by atoms with Crippen molar-refractivity contribution in [2.45, 2.75) is 42.4 Å². The smallest absolute Gasteiger partial charge is 0.336 e. The molecule has 0 aliphatic rings. The minimum atomic E-state index is -1.15. The molecule has 0 aromatic heterocycles. The second-order valence-electron chi connectivity index (χ2n) is 30.5. The number of hydrogen-bond acceptors (Lipinski definition) is 8. The standard InChI is InChI=1S/C115H88O8/c1-5-108(116)120-104-68-66-100(67-69-104)115(101-57-51-85(82(2)79-101)54-76-109(117)121-105-70-60-97(61-71-105)112(88-33-15-6-16-34-88,89-35-17-7-18-36-89)90-37-19-8-20-38-90,102-58-52-86(83(3)80-102)55-77-110(118)122-106-72-62-98(63-73-106)113(91-39-21-9-22-40-91,92-41-23-10-24-42-92)93-43-25-11-26-44-93)103-59-53-87(84(4)81-103)56-78-111(119)123-107-74-64-99(65-75-107)114(94-45-27-12-28-46-94,95-47-29-13-30-48-95)96-49-31-14-32-50-96/h5-81H,1H2,2-4H3/b76-54+,77-55+,78-56+. The van der Waals surface area contributed by atoms with Gasteiger partial charge in [-0.05, 0) is 210 Å². The summed E-state index contributed by atoms with van der Waals surface area (Å²) in [5.41, 5.74) is 17.9. The molecule has 0 aliphatic carbocycles. The van der Waals surface area contributed by atoms with E-state index in [4.69, 9.17) is 18.9 Å². The van der Waals surface area contributed by atoms with Crippen molar-refractivity contribution in [2.75, 3.05) is 0 Å². The van der Waals surface area contributed by atoms with Crippen LogP contribution in [-0.2, 0) is 40.8 Å². The minimum Gasteiger partial charge on any atom is -0.423 e. The molecule has 0 saturated carbocycles. The van der Waals surface area contributed by atoms with Crippen LogP contribution in [0.1, 0.15) is 122 Å². The van der Waals surface area contributed by atoms with Crippen molar-refractivity contribution < 1.29 is 38.1 Å². The highest BCUT2D eigenvalue weighted by molar-refractivity contribution is 5.91. The summed E-state index contributed by atoms with van der Waals surface area (Å²) in [6.07, 6.45) is 10.8. The summed E-state index contributed by atoms with van der Waals surface area (Å²) in [4.78, 5) is 55.1. The molecule has 8 nitrogen and oxygen atoms in total. The van der Waals surface area contributed by atoms with Crippen molar-refractivity contribution in [3.05, 3.63) is 578 Å². The topological polar surface area (TPSA) is 105 Å². The van der Waals surface area contributed by atoms with Gasteiger partial charge < -0.3 is 18.9 Å². The fraction of sp³-hybridized carbons (Fsp3) is 0.0609. The van der Waals surface area contributed by atoms with Gasteiger partial charge in [-0.25, -0.2) is 19.2 Å². The van der Waals surface area contributed by atoms with Crippen LogP contribution in [0.2, 0.25) is 0 Å². The van der Waals surface area contributed by atoms with Crippen molar-refractivity contribution in [2.24, 2.45) is 0 Å². The summed E-state index contributed by atoms with van der Waals surface area (Å²) in [5, 5.41) is 0. The van der Waals surface area contributed by atoms with Gasteiger partial charge in [0.1, 0.15) is 23.0 Å². The molecule has 0 amide bonds. The second kappa shape index (κ2) is 36.7. The Bertz CT molecular complexity index is 5600. The number of carbonyl (C=O) groups excluding carboxylic acids is 4. The first-order valence-electron chi connectivity index (χ1n) is 41.1. The van der Waals surface area contributed by atoms with Crippen molar-refractivity contribution in [1.82, 2.24) is 0 Å². The lowest BCUT2D eigenvalue weighted by Crippen LogP contribution is -2.31. The minimum absolute atomic E-state index is 0.315. The van der Waals surface area contributed by atoms with Gasteiger partial charge in [0, 0.05) is 24.3 Å². The Morgan fingerprint density at radius 2 is 0.358 bits per heavy atom. The molecule has 16 aromatic carbocycles. The molecular formula is C115H88O8. The molecule has 0 radical (unpaired) electrons. The first-order valence-corrected chi connectivity index (χ1v) is 41.1. The molecule has 0 fully saturated rings. The van der Waals surface area contributed by atoms with E-state index in [2.05, 4.69) is 261 Å². The fourth-order valence-electron chi connectivity index (χ4n) is 17.7. The SMILES string of the molecule is C=CC(=O)Oc1ccc(C(c2ccc(/C=C/C(=O)Oc3ccc(C(c4ccccc4)(c4ccccc4)c4ccccc4)cc3)c(C)c2)(c2ccc(/C=C/C(=O)Oc3ccc(C(c4ccccc4)(c4ccccc4)c4ccccc4)cc3)c(C)c2)c2ccc(/C=C/C(=O)Oc3ccc(C(c4ccccc4)(c4ccccc4)c4ccccc4)cc3)c(C)c2)cc1. The van der Waals surface area contributed by atoms with Gasteiger partial charge in [-0.3, -0.25) is 0 Å². The van der Waals surface area contributed by atoms with Crippen LogP contribution in [-0.4, -0.2) is 23.9 Å². The molecule has 16 rings (SSSR count). The van der Waals surface area contributed by atoms with Crippen molar-refractivity contribution in [1.29, 1.82) is 0 Å². The third-order valence-electron chi connectivity index (χ3n) is 23.4. The number of hydrogen-bond donors (Lipinski definition) is 0. The number of rotatable bonds is 27. The lowest BCUT2D eigenvalue weighted by Gasteiger charge is -2.38. The van der Waals surface area contributed by atoms with Gasteiger partial charge in [-0.2, -0.15) is 0 Å². The molecule has 0 spiro atoms. The number of benzene rings is 16. The van der Waals surface area contributed by atoms with E-state index < -0.39 is 45.5 Å². The van der Waals surface area contributed by atoms with Crippen LogP contribution in [0.5, 0.6) is 23.0 Å². The van der Waals surface area contributed by atoms with E-state index in [1.165, 1.54) is 18.2 Å². The molecule has 0 atom stereocenters. The Morgan fingerprint density at radius 1 is 0.203 bits per heavy atom. The Kier molecular flexibility index (Phi) is 24.2. The van der Waals surface area contributed by atoms with E-state index in [-0.39, 0.29) is 0 Å². The maximum Gasteiger partial charge on any atom is 0.336 e. The zero-order chi connectivity index (χ0) is 84.6. The molecule has 0 N–H and O–H groups in total. The zero-order valence-electron chi connectivity index (χ0n) is 68.4. The lowest BCUT2D eigenvalue weighted by atomic mass is 9.64. The average Bonchev–Trinajstić information content (AvgIpc) is 0.730. The molecule has 16 aromatic rings. The molecule has 8 heteroatoms. The summed E-state index contributed by atoms with van der Waals surface area (Å²) in [6.45, 7) is 9.67. The van der Waals surface area contributed by atoms with Crippen molar-refractivity contribution in [3.8, 4) is 23.0 Å². The van der Waals surface area contributed by atoms with Crippen molar-refractivity contribution in [3.63, 3.8) is 0 Å². The highest BCUT2D eigenvalue weighted by atomic mass is 16.5. The molecule has 123 heavy (non-hydrogen) atoms. The monoisotopic (exact) mass is 1600 g/mol. The third kappa shape index (κ3) is 16.6. The molecule has 0 aliphatic heterocycles. The first-order chi connectivity index (χ1) is 60.3. The van der Waals surface area contributed by atoms with E-state index in [1.54, 1.807) is 30.4 Å².